The molecule has 1 heterocycles. The van der Waals surface area contributed by atoms with Gasteiger partial charge in [-0.3, -0.25) is 9.69 Å². The van der Waals surface area contributed by atoms with Crippen molar-refractivity contribution in [3.05, 3.63) is 35.9 Å². The van der Waals surface area contributed by atoms with Crippen LogP contribution in [0.4, 0.5) is 0 Å². The van der Waals surface area contributed by atoms with Crippen LogP contribution in [-0.4, -0.2) is 54.1 Å². The van der Waals surface area contributed by atoms with Crippen LogP contribution in [0.2, 0.25) is 0 Å². The minimum atomic E-state index is -0.736. The maximum atomic E-state index is 11.2. The predicted molar refractivity (Wildman–Crippen MR) is 79.6 cm³/mol. The molecule has 0 spiro atoms. The zero-order valence-corrected chi connectivity index (χ0v) is 12.5. The molecule has 0 amide bonds. The third-order valence-electron chi connectivity index (χ3n) is 4.26. The molecule has 1 aromatic carbocycles. The molecule has 3 atom stereocenters. The van der Waals surface area contributed by atoms with Gasteiger partial charge in [0, 0.05) is 25.2 Å². The Balaban J connectivity index is 2.18. The Bertz CT molecular complexity index is 447. The molecular weight excluding hydrogens is 252 g/mol. The lowest BCUT2D eigenvalue weighted by molar-refractivity contribution is -0.138. The number of rotatable bonds is 5. The molecule has 4 nitrogen and oxygen atoms in total. The Morgan fingerprint density at radius 3 is 2.50 bits per heavy atom. The lowest BCUT2D eigenvalue weighted by Crippen LogP contribution is -2.35. The predicted octanol–water partition coefficient (Wildman–Crippen LogP) is 2.08. The van der Waals surface area contributed by atoms with Gasteiger partial charge in [-0.25, -0.2) is 0 Å². The lowest BCUT2D eigenvalue weighted by Gasteiger charge is -2.28. The van der Waals surface area contributed by atoms with E-state index in [-0.39, 0.29) is 12.5 Å². The van der Waals surface area contributed by atoms with E-state index in [0.29, 0.717) is 12.0 Å². The summed E-state index contributed by atoms with van der Waals surface area (Å²) in [7, 11) is 4.19. The molecule has 0 radical (unpaired) electrons. The van der Waals surface area contributed by atoms with Gasteiger partial charge in [-0.2, -0.15) is 0 Å². The van der Waals surface area contributed by atoms with Crippen LogP contribution < -0.4 is 0 Å². The molecule has 1 fully saturated rings. The van der Waals surface area contributed by atoms with E-state index >= 15 is 0 Å². The molecule has 0 aromatic heterocycles. The maximum Gasteiger partial charge on any atom is 0.305 e. The first kappa shape index (κ1) is 15.0. The van der Waals surface area contributed by atoms with Gasteiger partial charge in [0.2, 0.25) is 0 Å². The summed E-state index contributed by atoms with van der Waals surface area (Å²) in [4.78, 5) is 15.8. The van der Waals surface area contributed by atoms with Crippen LogP contribution in [0.25, 0.3) is 0 Å². The second-order valence-electron chi connectivity index (χ2n) is 5.99. The fourth-order valence-corrected chi connectivity index (χ4v) is 3.21. The highest BCUT2D eigenvalue weighted by atomic mass is 16.4. The molecule has 3 unspecified atom stereocenters. The molecule has 1 saturated heterocycles. The zero-order valence-electron chi connectivity index (χ0n) is 12.5. The van der Waals surface area contributed by atoms with Crippen molar-refractivity contribution in [2.75, 3.05) is 27.2 Å². The van der Waals surface area contributed by atoms with Crippen molar-refractivity contribution in [1.29, 1.82) is 0 Å². The van der Waals surface area contributed by atoms with Gasteiger partial charge in [0.15, 0.2) is 0 Å². The van der Waals surface area contributed by atoms with Crippen molar-refractivity contribution in [2.24, 2.45) is 5.92 Å². The van der Waals surface area contributed by atoms with Crippen LogP contribution in [-0.2, 0) is 4.79 Å². The monoisotopic (exact) mass is 276 g/mol. The van der Waals surface area contributed by atoms with Crippen molar-refractivity contribution < 1.29 is 9.90 Å². The maximum absolute atomic E-state index is 11.2. The number of aliphatic carboxylic acids is 1. The molecule has 0 bridgehead atoms. The smallest absolute Gasteiger partial charge is 0.305 e. The Hall–Kier alpha value is -1.39. The minimum absolute atomic E-state index is 0.0268. The third kappa shape index (κ3) is 3.38. The molecule has 1 aliphatic heterocycles. The van der Waals surface area contributed by atoms with Gasteiger partial charge in [0.25, 0.3) is 0 Å². The number of carbonyl (C=O) groups is 1. The topological polar surface area (TPSA) is 43.8 Å². The summed E-state index contributed by atoms with van der Waals surface area (Å²) in [5.74, 6) is -0.176. The van der Waals surface area contributed by atoms with Crippen LogP contribution in [0.1, 0.15) is 24.9 Å². The van der Waals surface area contributed by atoms with Crippen molar-refractivity contribution in [1.82, 2.24) is 9.80 Å². The minimum Gasteiger partial charge on any atom is -0.481 e. The number of carboxylic acid groups (broad SMARTS) is 1. The second kappa shape index (κ2) is 6.37. The van der Waals surface area contributed by atoms with Gasteiger partial charge >= 0.3 is 5.97 Å². The fourth-order valence-electron chi connectivity index (χ4n) is 3.21. The summed E-state index contributed by atoms with van der Waals surface area (Å²) in [6, 6.07) is 10.5. The molecular formula is C16H24N2O2. The van der Waals surface area contributed by atoms with Crippen molar-refractivity contribution in [3.63, 3.8) is 0 Å². The van der Waals surface area contributed by atoms with Crippen LogP contribution in [0, 0.1) is 5.92 Å². The van der Waals surface area contributed by atoms with Crippen LogP contribution >= 0.6 is 0 Å². The Labute approximate surface area is 121 Å². The van der Waals surface area contributed by atoms with Crippen LogP contribution in [0.5, 0.6) is 0 Å². The third-order valence-corrected chi connectivity index (χ3v) is 4.26. The second-order valence-corrected chi connectivity index (χ2v) is 5.99. The van der Waals surface area contributed by atoms with E-state index in [1.165, 1.54) is 0 Å². The molecule has 0 saturated carbocycles. The first-order valence-electron chi connectivity index (χ1n) is 7.16. The summed E-state index contributed by atoms with van der Waals surface area (Å²) in [6.45, 7) is 4.13. The number of benzene rings is 1. The highest BCUT2D eigenvalue weighted by Crippen LogP contribution is 2.31. The van der Waals surface area contributed by atoms with Gasteiger partial charge in [0.1, 0.15) is 0 Å². The van der Waals surface area contributed by atoms with E-state index in [0.717, 1.165) is 18.7 Å². The Morgan fingerprint density at radius 1 is 1.35 bits per heavy atom. The first-order chi connectivity index (χ1) is 9.49. The summed E-state index contributed by atoms with van der Waals surface area (Å²) in [6.07, 6.45) is 0.164. The van der Waals surface area contributed by atoms with Gasteiger partial charge in [0.05, 0.1) is 6.42 Å². The quantitative estimate of drug-likeness (QED) is 0.894. The highest BCUT2D eigenvalue weighted by Gasteiger charge is 2.35. The normalized spacial score (nSPS) is 25.0. The van der Waals surface area contributed by atoms with E-state index in [1.54, 1.807) is 0 Å². The SMILES string of the molecule is CC1CN(C(CC(=O)O)c2ccccc2)CC1N(C)C. The molecule has 2 rings (SSSR count). The van der Waals surface area contributed by atoms with Crippen molar-refractivity contribution in [3.8, 4) is 0 Å². The zero-order chi connectivity index (χ0) is 14.7. The number of likely N-dealkylation sites (N-methyl/N-ethyl adjacent to an activating group) is 1. The fraction of sp³-hybridized carbons (Fsp3) is 0.562. The van der Waals surface area contributed by atoms with E-state index < -0.39 is 5.97 Å². The molecule has 0 aliphatic carbocycles. The molecule has 110 valence electrons. The average Bonchev–Trinajstić information content (AvgIpc) is 2.79. The van der Waals surface area contributed by atoms with Gasteiger partial charge in [-0.1, -0.05) is 37.3 Å². The van der Waals surface area contributed by atoms with E-state index in [2.05, 4.69) is 30.8 Å². The summed E-state index contributed by atoms with van der Waals surface area (Å²) in [5.41, 5.74) is 1.10. The van der Waals surface area contributed by atoms with E-state index in [4.69, 9.17) is 0 Å². The molecule has 1 N–H and O–H groups in total. The highest BCUT2D eigenvalue weighted by molar-refractivity contribution is 5.68. The number of hydrogen-bond acceptors (Lipinski definition) is 3. The molecule has 4 heteroatoms. The van der Waals surface area contributed by atoms with Crippen molar-refractivity contribution in [2.45, 2.75) is 25.4 Å². The van der Waals surface area contributed by atoms with Crippen LogP contribution in [0.15, 0.2) is 30.3 Å². The summed E-state index contributed by atoms with van der Waals surface area (Å²) in [5, 5.41) is 9.21. The standard InChI is InChI=1S/C16H24N2O2/c1-12-10-18(11-15(12)17(2)3)14(9-16(19)20)13-7-5-4-6-8-13/h4-8,12,14-15H,9-11H2,1-3H3,(H,19,20). The summed E-state index contributed by atoms with van der Waals surface area (Å²) >= 11 is 0. The molecule has 1 aromatic rings. The van der Waals surface area contributed by atoms with Gasteiger partial charge < -0.3 is 10.0 Å². The number of likely N-dealkylation sites (tertiary alicyclic amines) is 1. The molecule has 1 aliphatic rings. The van der Waals surface area contributed by atoms with Crippen molar-refractivity contribution >= 4 is 5.97 Å². The molecule has 20 heavy (non-hydrogen) atoms. The van der Waals surface area contributed by atoms with Crippen LogP contribution in [0.3, 0.4) is 0 Å². The Morgan fingerprint density at radius 2 is 2.00 bits per heavy atom. The summed E-state index contributed by atoms with van der Waals surface area (Å²) < 4.78 is 0. The largest absolute Gasteiger partial charge is 0.481 e. The Kier molecular flexibility index (Phi) is 4.78. The number of carboxylic acids is 1. The van der Waals surface area contributed by atoms with Gasteiger partial charge in [-0.05, 0) is 25.6 Å². The number of nitrogens with zero attached hydrogens (tertiary/aromatic N) is 2. The van der Waals surface area contributed by atoms with E-state index in [9.17, 15) is 9.90 Å². The van der Waals surface area contributed by atoms with Gasteiger partial charge in [-0.15, -0.1) is 0 Å². The number of hydrogen-bond donors (Lipinski definition) is 1. The first-order valence-corrected chi connectivity index (χ1v) is 7.16. The lowest BCUT2D eigenvalue weighted by atomic mass is 10.0. The average molecular weight is 276 g/mol. The van der Waals surface area contributed by atoms with E-state index in [1.807, 2.05) is 30.3 Å².